The summed E-state index contributed by atoms with van der Waals surface area (Å²) in [6, 6.07) is 12.9. The largest absolute Gasteiger partial charge is 0.0587 e. The Morgan fingerprint density at radius 1 is 1.11 bits per heavy atom. The molecular formula is C23H21F3N4O3SSe. The van der Waals surface area contributed by atoms with Crippen molar-refractivity contribution in [3.63, 3.8) is 0 Å². The summed E-state index contributed by atoms with van der Waals surface area (Å²) in [7, 11) is -4.15. The Morgan fingerprint density at radius 2 is 1.77 bits per heavy atom. The van der Waals surface area contributed by atoms with Gasteiger partial charge in [0.2, 0.25) is 0 Å². The summed E-state index contributed by atoms with van der Waals surface area (Å²) in [5, 5.41) is 12.9. The third-order valence-electron chi connectivity index (χ3n) is 4.95. The summed E-state index contributed by atoms with van der Waals surface area (Å²) < 4.78 is 68.2. The summed E-state index contributed by atoms with van der Waals surface area (Å²) in [4.78, 5) is 13.9. The molecule has 0 radical (unpaired) electrons. The molecule has 2 aromatic carbocycles. The van der Waals surface area contributed by atoms with E-state index < -0.39 is 27.8 Å². The van der Waals surface area contributed by atoms with Crippen LogP contribution in [0.5, 0.6) is 0 Å². The van der Waals surface area contributed by atoms with E-state index in [0.29, 0.717) is 23.7 Å². The number of carbonyl (C=O) groups is 1. The Hall–Kier alpha value is -3.13. The molecule has 0 unspecified atom stereocenters. The van der Waals surface area contributed by atoms with Crippen LogP contribution in [0.4, 0.5) is 13.2 Å². The number of carbonyl (C=O) groups excluding carboxylic acids is 1. The molecule has 1 aromatic heterocycles. The smallest absolute Gasteiger partial charge is 0.0526 e. The van der Waals surface area contributed by atoms with Gasteiger partial charge in [0.25, 0.3) is 0 Å². The molecule has 0 saturated heterocycles. The zero-order valence-electron chi connectivity index (χ0n) is 18.5. The zero-order valence-corrected chi connectivity index (χ0v) is 21.1. The minimum atomic E-state index is -4.66. The van der Waals surface area contributed by atoms with E-state index in [0.717, 1.165) is 16.3 Å². The van der Waals surface area contributed by atoms with Crippen molar-refractivity contribution in [2.75, 3.05) is 0 Å². The summed E-state index contributed by atoms with van der Waals surface area (Å²) in [5.41, 5.74) is 0.793. The number of rotatable bonds is 9. The van der Waals surface area contributed by atoms with Gasteiger partial charge in [-0.1, -0.05) is 29.8 Å². The number of alkyl halides is 3. The third kappa shape index (κ3) is 6.94. The van der Waals surface area contributed by atoms with Crippen molar-refractivity contribution in [3.05, 3.63) is 65.9 Å². The molecule has 1 amide bonds. The normalized spacial score (nSPS) is 11.7. The van der Waals surface area contributed by atoms with Crippen LogP contribution in [-0.2, 0) is 21.0 Å². The van der Waals surface area contributed by atoms with Gasteiger partial charge >= 0.3 is 129 Å². The number of hydrogen-bond donors (Lipinski definition) is 1. The van der Waals surface area contributed by atoms with E-state index in [1.807, 2.05) is 11.6 Å². The van der Waals surface area contributed by atoms with Gasteiger partial charge in [0.15, 0.2) is 5.69 Å². The first-order chi connectivity index (χ1) is 16.5. The Labute approximate surface area is 207 Å². The van der Waals surface area contributed by atoms with E-state index in [9.17, 15) is 26.4 Å². The van der Waals surface area contributed by atoms with Gasteiger partial charge < -0.3 is 0 Å². The molecule has 1 N–H and O–H groups in total. The fraction of sp³-hybridized carbons (Fsp3) is 0.261. The maximum atomic E-state index is 13.4. The second kappa shape index (κ2) is 11.1. The van der Waals surface area contributed by atoms with Crippen molar-refractivity contribution in [2.45, 2.75) is 42.6 Å². The number of nitrogens with zero attached hydrogens (tertiary/aromatic N) is 3. The molecule has 12 heteroatoms. The number of nitriles is 1. The van der Waals surface area contributed by atoms with Crippen molar-refractivity contribution in [1.82, 2.24) is 14.5 Å². The Bertz CT molecular complexity index is 1330. The van der Waals surface area contributed by atoms with Gasteiger partial charge in [-0.25, -0.2) is 0 Å². The van der Waals surface area contributed by atoms with Gasteiger partial charge in [-0.05, 0) is 13.0 Å². The third-order valence-corrected chi connectivity index (χ3v) is 7.65. The molecule has 3 aromatic rings. The molecule has 0 aliphatic heterocycles. The fourth-order valence-electron chi connectivity index (χ4n) is 3.18. The minimum absolute atomic E-state index is 0.00619. The second-order valence-corrected chi connectivity index (χ2v) is 11.1. The predicted octanol–water partition coefficient (Wildman–Crippen LogP) is 4.45. The molecule has 0 aliphatic rings. The summed E-state index contributed by atoms with van der Waals surface area (Å²) >= 11 is -0.140. The Balaban J connectivity index is 1.83. The van der Waals surface area contributed by atoms with Gasteiger partial charge in [0.1, 0.15) is 0 Å². The Kier molecular flexibility index (Phi) is 8.38. The Morgan fingerprint density at radius 3 is 2.37 bits per heavy atom. The van der Waals surface area contributed by atoms with Crippen LogP contribution < -0.4 is 4.72 Å². The molecule has 3 rings (SSSR count). The van der Waals surface area contributed by atoms with Gasteiger partial charge in [0, 0.05) is 5.56 Å². The average Bonchev–Trinajstić information content (AvgIpc) is 3.25. The standard InChI is InChI=1S/C23H21F3N4O3SSe/c1-16-5-7-17(8-6-16)20-14-21(23(24,25)26)28-30(20)18-9-11-19(12-10-18)34(32,33)29-22(31)4-2-3-13-35-15-27/h5-12,14H,2-4,13H2,1H3,(H,29,31). The van der Waals surface area contributed by atoms with Crippen molar-refractivity contribution in [2.24, 2.45) is 0 Å². The van der Waals surface area contributed by atoms with Crippen LogP contribution in [0.15, 0.2) is 59.5 Å². The molecule has 35 heavy (non-hydrogen) atoms. The zero-order chi connectivity index (χ0) is 25.6. The van der Waals surface area contributed by atoms with Crippen LogP contribution in [-0.4, -0.2) is 39.1 Å². The van der Waals surface area contributed by atoms with Crippen LogP contribution in [0.25, 0.3) is 16.9 Å². The molecular weight excluding hydrogens is 548 g/mol. The second-order valence-electron chi connectivity index (χ2n) is 7.61. The number of halogens is 3. The van der Waals surface area contributed by atoms with Crippen LogP contribution in [0, 0.1) is 17.2 Å². The maximum Gasteiger partial charge on any atom is -0.0526 e. The predicted molar refractivity (Wildman–Crippen MR) is 124 cm³/mol. The van der Waals surface area contributed by atoms with Crippen molar-refractivity contribution in [3.8, 4) is 21.9 Å². The number of amides is 1. The monoisotopic (exact) mass is 570 g/mol. The molecule has 1 heterocycles. The van der Waals surface area contributed by atoms with E-state index in [1.165, 1.54) is 24.3 Å². The average molecular weight is 569 g/mol. The van der Waals surface area contributed by atoms with Crippen LogP contribution in [0.3, 0.4) is 0 Å². The molecule has 184 valence electrons. The number of aryl methyl sites for hydroxylation is 1. The number of benzene rings is 2. The number of nitrogens with one attached hydrogen (secondary N) is 1. The number of hydrogen-bond acceptors (Lipinski definition) is 5. The SMILES string of the molecule is Cc1ccc(-c2cc(C(F)(F)F)nn2-c2ccc(S(=O)(=O)NC(=O)CCCC[Se]C#N)cc2)cc1. The first-order valence-electron chi connectivity index (χ1n) is 10.4. The molecule has 0 atom stereocenters. The topological polar surface area (TPSA) is 105 Å². The number of unbranched alkanes of at least 4 members (excludes halogenated alkanes) is 1. The van der Waals surface area contributed by atoms with E-state index in [4.69, 9.17) is 5.26 Å². The maximum absolute atomic E-state index is 13.4. The van der Waals surface area contributed by atoms with Crippen LogP contribution in [0.2, 0.25) is 5.32 Å². The number of aromatic nitrogens is 2. The summed E-state index contributed by atoms with van der Waals surface area (Å²) in [5.74, 6) is -0.665. The molecule has 0 fully saturated rings. The van der Waals surface area contributed by atoms with Crippen molar-refractivity contribution < 1.29 is 26.4 Å². The van der Waals surface area contributed by atoms with Crippen molar-refractivity contribution in [1.29, 1.82) is 5.26 Å². The number of sulfonamides is 1. The molecule has 0 aliphatic carbocycles. The van der Waals surface area contributed by atoms with E-state index in [1.54, 1.807) is 24.3 Å². The summed E-state index contributed by atoms with van der Waals surface area (Å²) in [6.07, 6.45) is -3.53. The first-order valence-corrected chi connectivity index (χ1v) is 14.0. The summed E-state index contributed by atoms with van der Waals surface area (Å²) in [6.45, 7) is 1.86. The van der Waals surface area contributed by atoms with Gasteiger partial charge in [-0.3, -0.25) is 0 Å². The van der Waals surface area contributed by atoms with E-state index in [-0.39, 0.29) is 37.7 Å². The van der Waals surface area contributed by atoms with Gasteiger partial charge in [-0.15, -0.1) is 0 Å². The van der Waals surface area contributed by atoms with E-state index in [2.05, 4.69) is 10.1 Å². The quantitative estimate of drug-likeness (QED) is 0.303. The fourth-order valence-corrected chi connectivity index (χ4v) is 5.11. The van der Waals surface area contributed by atoms with Crippen LogP contribution in [0.1, 0.15) is 30.5 Å². The minimum Gasteiger partial charge on any atom is -0.0587 e. The van der Waals surface area contributed by atoms with Gasteiger partial charge in [-0.2, -0.15) is 18.3 Å². The molecule has 0 bridgehead atoms. The molecule has 0 saturated carbocycles. The van der Waals surface area contributed by atoms with Crippen LogP contribution >= 0.6 is 0 Å². The van der Waals surface area contributed by atoms with Crippen molar-refractivity contribution >= 4 is 30.9 Å². The van der Waals surface area contributed by atoms with E-state index >= 15 is 0 Å². The van der Waals surface area contributed by atoms with Gasteiger partial charge in [0.05, 0.1) is 5.69 Å². The first kappa shape index (κ1) is 26.5. The molecule has 7 nitrogen and oxygen atoms in total. The molecule has 0 spiro atoms.